The zero-order chi connectivity index (χ0) is 16.0. The van der Waals surface area contributed by atoms with Crippen molar-refractivity contribution in [3.8, 4) is 0 Å². The third kappa shape index (κ3) is 2.75. The third-order valence-electron chi connectivity index (χ3n) is 5.08. The Kier molecular flexibility index (Phi) is 4.17. The van der Waals surface area contributed by atoms with Crippen molar-refractivity contribution >= 4 is 29.9 Å². The van der Waals surface area contributed by atoms with Gasteiger partial charge in [0.1, 0.15) is 0 Å². The summed E-state index contributed by atoms with van der Waals surface area (Å²) in [7, 11) is -0.423. The van der Waals surface area contributed by atoms with Crippen molar-refractivity contribution in [1.29, 1.82) is 0 Å². The maximum Gasteiger partial charge on any atom is 0.498 e. The maximum absolute atomic E-state index is 6.47. The number of anilines is 1. The average molecular weight is 323 g/mol. The first-order valence-corrected chi connectivity index (χ1v) is 8.44. The van der Waals surface area contributed by atoms with Gasteiger partial charge in [-0.2, -0.15) is 0 Å². The molecular weight excluding hydrogens is 298 g/mol. The van der Waals surface area contributed by atoms with E-state index in [-0.39, 0.29) is 11.2 Å². The number of nitrogens with zero attached hydrogens (tertiary/aromatic N) is 2. The van der Waals surface area contributed by atoms with E-state index in [0.717, 1.165) is 24.2 Å². The van der Waals surface area contributed by atoms with Gasteiger partial charge < -0.3 is 14.2 Å². The van der Waals surface area contributed by atoms with E-state index in [2.05, 4.69) is 37.6 Å². The molecule has 0 unspecified atom stereocenters. The topological polar surface area (TPSA) is 34.6 Å². The van der Waals surface area contributed by atoms with Gasteiger partial charge in [0.05, 0.1) is 21.9 Å². The molecule has 120 valence electrons. The second-order valence-corrected chi connectivity index (χ2v) is 7.60. The summed E-state index contributed by atoms with van der Waals surface area (Å²) >= 11 is 6.47. The molecule has 2 aliphatic rings. The zero-order valence-corrected chi connectivity index (χ0v) is 14.6. The molecule has 0 atom stereocenters. The summed E-state index contributed by atoms with van der Waals surface area (Å²) in [6.45, 7) is 10.3. The number of hydrogen-bond acceptors (Lipinski definition) is 4. The largest absolute Gasteiger partial charge is 0.498 e. The zero-order valence-electron chi connectivity index (χ0n) is 13.9. The Morgan fingerprint density at radius 1 is 1.05 bits per heavy atom. The van der Waals surface area contributed by atoms with E-state index < -0.39 is 7.12 Å². The van der Waals surface area contributed by atoms with Crippen LogP contribution < -0.4 is 10.4 Å². The summed E-state index contributed by atoms with van der Waals surface area (Å²) in [5, 5.41) is 0.675. The highest BCUT2D eigenvalue weighted by atomic mass is 35.5. The van der Waals surface area contributed by atoms with Crippen LogP contribution in [-0.4, -0.2) is 36.4 Å². The minimum Gasteiger partial charge on any atom is -0.399 e. The maximum atomic E-state index is 6.47. The monoisotopic (exact) mass is 322 g/mol. The fourth-order valence-corrected chi connectivity index (χ4v) is 3.32. The number of piperidine rings is 1. The van der Waals surface area contributed by atoms with Crippen LogP contribution in [0.15, 0.2) is 12.4 Å². The molecule has 0 aliphatic carbocycles. The van der Waals surface area contributed by atoms with Crippen LogP contribution in [0.4, 0.5) is 5.69 Å². The van der Waals surface area contributed by atoms with E-state index in [1.165, 1.54) is 19.3 Å². The summed E-state index contributed by atoms with van der Waals surface area (Å²) < 4.78 is 12.4. The molecule has 3 heterocycles. The van der Waals surface area contributed by atoms with Crippen molar-refractivity contribution in [3.05, 3.63) is 17.4 Å². The van der Waals surface area contributed by atoms with Gasteiger partial charge in [-0.3, -0.25) is 4.98 Å². The predicted octanol–water partition coefficient (Wildman–Crippen LogP) is 3.02. The minimum absolute atomic E-state index is 0.362. The molecule has 0 radical (unpaired) electrons. The lowest BCUT2D eigenvalue weighted by molar-refractivity contribution is 0.00578. The summed E-state index contributed by atoms with van der Waals surface area (Å²) in [5.41, 5.74) is 1.24. The van der Waals surface area contributed by atoms with Crippen molar-refractivity contribution < 1.29 is 9.31 Å². The normalized spacial score (nSPS) is 23.9. The Morgan fingerprint density at radius 3 is 2.23 bits per heavy atom. The molecule has 22 heavy (non-hydrogen) atoms. The lowest BCUT2D eigenvalue weighted by Crippen LogP contribution is -2.41. The van der Waals surface area contributed by atoms with E-state index in [9.17, 15) is 0 Å². The average Bonchev–Trinajstić information content (AvgIpc) is 2.68. The Balaban J connectivity index is 1.96. The summed E-state index contributed by atoms with van der Waals surface area (Å²) in [6, 6.07) is 0. The van der Waals surface area contributed by atoms with Crippen LogP contribution in [0.1, 0.15) is 47.0 Å². The molecule has 6 heteroatoms. The van der Waals surface area contributed by atoms with Gasteiger partial charge in [0.2, 0.25) is 0 Å². The second-order valence-electron chi connectivity index (χ2n) is 7.20. The molecule has 1 aromatic rings. The van der Waals surface area contributed by atoms with Gasteiger partial charge in [-0.25, -0.2) is 0 Å². The first-order chi connectivity index (χ1) is 10.3. The van der Waals surface area contributed by atoms with E-state index in [0.29, 0.717) is 5.02 Å². The number of pyridine rings is 1. The molecule has 2 fully saturated rings. The molecule has 0 saturated carbocycles. The van der Waals surface area contributed by atoms with E-state index >= 15 is 0 Å². The van der Waals surface area contributed by atoms with Gasteiger partial charge in [0, 0.05) is 30.9 Å². The fraction of sp³-hybridized carbons (Fsp3) is 0.688. The van der Waals surface area contributed by atoms with Crippen LogP contribution >= 0.6 is 11.6 Å². The highest BCUT2D eigenvalue weighted by Crippen LogP contribution is 2.38. The molecule has 4 nitrogen and oxygen atoms in total. The highest BCUT2D eigenvalue weighted by Gasteiger charge is 2.52. The molecule has 2 aliphatic heterocycles. The molecule has 1 aromatic heterocycles. The molecule has 2 saturated heterocycles. The lowest BCUT2D eigenvalue weighted by atomic mass is 9.78. The fourth-order valence-electron chi connectivity index (χ4n) is 3.04. The van der Waals surface area contributed by atoms with Crippen LogP contribution in [0.25, 0.3) is 0 Å². The third-order valence-corrected chi connectivity index (χ3v) is 5.36. The molecule has 3 rings (SSSR count). The smallest absolute Gasteiger partial charge is 0.399 e. The summed E-state index contributed by atoms with van der Waals surface area (Å²) in [6.07, 6.45) is 7.21. The van der Waals surface area contributed by atoms with Crippen LogP contribution in [0.3, 0.4) is 0 Å². The van der Waals surface area contributed by atoms with Crippen LogP contribution in [0.5, 0.6) is 0 Å². The molecule has 0 aromatic carbocycles. The van der Waals surface area contributed by atoms with Crippen LogP contribution in [0.2, 0.25) is 5.02 Å². The van der Waals surface area contributed by atoms with Gasteiger partial charge in [-0.05, 0) is 47.0 Å². The molecule has 0 N–H and O–H groups in total. The van der Waals surface area contributed by atoms with Crippen molar-refractivity contribution in [2.45, 2.75) is 58.2 Å². The molecular formula is C16H24BClN2O2. The molecule has 0 bridgehead atoms. The van der Waals surface area contributed by atoms with Crippen molar-refractivity contribution in [3.63, 3.8) is 0 Å². The number of rotatable bonds is 2. The second kappa shape index (κ2) is 5.70. The van der Waals surface area contributed by atoms with Gasteiger partial charge in [-0.15, -0.1) is 0 Å². The van der Waals surface area contributed by atoms with E-state index in [4.69, 9.17) is 20.9 Å². The standard InChI is InChI=1S/C16H24BClN2O2/c1-15(2)16(3,4)22-17(21-15)12-10-19-11-13(18)14(12)20-8-6-5-7-9-20/h10-11H,5-9H2,1-4H3. The molecule has 0 spiro atoms. The van der Waals surface area contributed by atoms with Crippen molar-refractivity contribution in [2.75, 3.05) is 18.0 Å². The number of hydrogen-bond donors (Lipinski definition) is 0. The van der Waals surface area contributed by atoms with E-state index in [1.807, 2.05) is 6.20 Å². The van der Waals surface area contributed by atoms with Crippen molar-refractivity contribution in [1.82, 2.24) is 4.98 Å². The van der Waals surface area contributed by atoms with E-state index in [1.54, 1.807) is 6.20 Å². The van der Waals surface area contributed by atoms with Crippen LogP contribution in [-0.2, 0) is 9.31 Å². The van der Waals surface area contributed by atoms with Crippen molar-refractivity contribution in [2.24, 2.45) is 0 Å². The minimum atomic E-state index is -0.423. The predicted molar refractivity (Wildman–Crippen MR) is 91.0 cm³/mol. The number of halogens is 1. The van der Waals surface area contributed by atoms with Gasteiger partial charge in [0.15, 0.2) is 0 Å². The highest BCUT2D eigenvalue weighted by molar-refractivity contribution is 6.64. The Hall–Kier alpha value is -0.775. The van der Waals surface area contributed by atoms with Crippen LogP contribution in [0, 0.1) is 0 Å². The van der Waals surface area contributed by atoms with Gasteiger partial charge in [0.25, 0.3) is 0 Å². The first-order valence-electron chi connectivity index (χ1n) is 8.06. The Morgan fingerprint density at radius 2 is 1.64 bits per heavy atom. The Bertz CT molecular complexity index is 543. The SMILES string of the molecule is CC1(C)OB(c2cncc(Cl)c2N2CCCCC2)OC1(C)C. The summed E-state index contributed by atoms with van der Waals surface area (Å²) in [4.78, 5) is 6.60. The van der Waals surface area contributed by atoms with Gasteiger partial charge in [-0.1, -0.05) is 11.6 Å². The summed E-state index contributed by atoms with van der Waals surface area (Å²) in [5.74, 6) is 0. The Labute approximate surface area is 138 Å². The quantitative estimate of drug-likeness (QED) is 0.784. The van der Waals surface area contributed by atoms with Gasteiger partial charge >= 0.3 is 7.12 Å². The first kappa shape index (κ1) is 16.1. The molecule has 0 amide bonds. The number of aromatic nitrogens is 1. The lowest BCUT2D eigenvalue weighted by Gasteiger charge is -2.32.